The van der Waals surface area contributed by atoms with Gasteiger partial charge in [-0.25, -0.2) is 9.97 Å². The van der Waals surface area contributed by atoms with Gasteiger partial charge in [0.2, 0.25) is 0 Å². The molecule has 0 bridgehead atoms. The zero-order valence-corrected chi connectivity index (χ0v) is 20.3. The van der Waals surface area contributed by atoms with Crippen LogP contribution in [0, 0.1) is 6.92 Å². The maximum absolute atomic E-state index is 11.6. The van der Waals surface area contributed by atoms with Gasteiger partial charge in [0.25, 0.3) is 0 Å². The molecule has 1 aliphatic heterocycles. The average molecular weight is 496 g/mol. The number of benzene rings is 3. The number of nitrogens with zero attached hydrogens (tertiary/aromatic N) is 4. The summed E-state index contributed by atoms with van der Waals surface area (Å²) in [5.74, 6) is -0.103. The standard InChI is InChI=1S/C32H30N4O/c1-20-18-23(32(2,3)4)31(37)30-22(20)14-15-24(34-30)21-13-16-26-28(19-21)36(29-12-8-9-17-33-29)27-11-7-6-10-25(27)35(26)5/h6-19,37H,1-5H3/i2D3,3D3,4D3. The fourth-order valence-corrected chi connectivity index (χ4v) is 4.97. The minimum atomic E-state index is -3.53. The lowest BCUT2D eigenvalue weighted by Crippen LogP contribution is -2.24. The Bertz CT molecular complexity index is 1940. The Morgan fingerprint density at radius 2 is 1.59 bits per heavy atom. The molecule has 0 saturated carbocycles. The first-order valence-corrected chi connectivity index (χ1v) is 11.8. The van der Waals surface area contributed by atoms with Crippen LogP contribution in [0.4, 0.5) is 28.6 Å². The summed E-state index contributed by atoms with van der Waals surface area (Å²) in [6.07, 6.45) is 1.71. The van der Waals surface area contributed by atoms with E-state index in [0.29, 0.717) is 28.0 Å². The molecule has 2 aromatic heterocycles. The fourth-order valence-electron chi connectivity index (χ4n) is 4.97. The first-order valence-electron chi connectivity index (χ1n) is 16.3. The number of para-hydroxylation sites is 2. The third-order valence-electron chi connectivity index (χ3n) is 6.80. The molecule has 5 nitrogen and oxygen atoms in total. The molecule has 0 fully saturated rings. The van der Waals surface area contributed by atoms with Crippen molar-refractivity contribution in [2.45, 2.75) is 32.9 Å². The Labute approximate surface area is 230 Å². The monoisotopic (exact) mass is 495 g/mol. The molecule has 6 rings (SSSR count). The first kappa shape index (κ1) is 15.0. The quantitative estimate of drug-likeness (QED) is 0.268. The molecule has 0 aliphatic carbocycles. The molecular formula is C32H30N4O. The van der Waals surface area contributed by atoms with Crippen LogP contribution in [0.5, 0.6) is 5.75 Å². The molecule has 184 valence electrons. The third-order valence-corrected chi connectivity index (χ3v) is 6.80. The Kier molecular flexibility index (Phi) is 3.38. The number of fused-ring (bicyclic) bond motifs is 3. The zero-order chi connectivity index (χ0) is 33.4. The second-order valence-electron chi connectivity index (χ2n) is 9.21. The zero-order valence-electron chi connectivity index (χ0n) is 29.3. The Hall–Kier alpha value is -4.38. The van der Waals surface area contributed by atoms with Crippen LogP contribution in [-0.4, -0.2) is 22.1 Å². The van der Waals surface area contributed by atoms with E-state index in [4.69, 9.17) is 12.3 Å². The maximum atomic E-state index is 11.6. The van der Waals surface area contributed by atoms with Crippen LogP contribution in [0.2, 0.25) is 0 Å². The molecular weight excluding hydrogens is 456 g/mol. The highest BCUT2D eigenvalue weighted by atomic mass is 16.3. The number of phenolic OH excluding ortho intramolecular Hbond substituents is 1. The molecule has 0 spiro atoms. The van der Waals surface area contributed by atoms with Crippen LogP contribution < -0.4 is 9.80 Å². The second kappa shape index (κ2) is 8.34. The largest absolute Gasteiger partial charge is 0.505 e. The highest BCUT2D eigenvalue weighted by molar-refractivity contribution is 5.98. The number of hydrogen-bond donors (Lipinski definition) is 1. The highest BCUT2D eigenvalue weighted by Crippen LogP contribution is 2.51. The van der Waals surface area contributed by atoms with Gasteiger partial charge >= 0.3 is 0 Å². The topological polar surface area (TPSA) is 52.5 Å². The Morgan fingerprint density at radius 3 is 2.35 bits per heavy atom. The van der Waals surface area contributed by atoms with Gasteiger partial charge in [0.15, 0.2) is 0 Å². The summed E-state index contributed by atoms with van der Waals surface area (Å²) in [5.41, 5.74) is 0.808. The van der Waals surface area contributed by atoms with Crippen LogP contribution in [0.15, 0.2) is 85.1 Å². The van der Waals surface area contributed by atoms with Crippen molar-refractivity contribution in [3.8, 4) is 17.0 Å². The van der Waals surface area contributed by atoms with Crippen molar-refractivity contribution in [2.24, 2.45) is 0 Å². The summed E-state index contributed by atoms with van der Waals surface area (Å²) in [4.78, 5) is 13.4. The van der Waals surface area contributed by atoms with E-state index in [9.17, 15) is 5.11 Å². The normalized spacial score (nSPS) is 17.6. The molecule has 37 heavy (non-hydrogen) atoms. The van der Waals surface area contributed by atoms with Gasteiger partial charge in [0.1, 0.15) is 17.1 Å². The highest BCUT2D eigenvalue weighted by Gasteiger charge is 2.28. The molecule has 1 N–H and O–H groups in total. The van der Waals surface area contributed by atoms with Crippen LogP contribution >= 0.6 is 0 Å². The van der Waals surface area contributed by atoms with E-state index >= 15 is 0 Å². The van der Waals surface area contributed by atoms with E-state index in [1.807, 2.05) is 72.6 Å². The van der Waals surface area contributed by atoms with Crippen molar-refractivity contribution < 1.29 is 17.4 Å². The van der Waals surface area contributed by atoms with Gasteiger partial charge in [-0.15, -0.1) is 0 Å². The van der Waals surface area contributed by atoms with Gasteiger partial charge in [-0.2, -0.15) is 0 Å². The molecule has 0 amide bonds. The summed E-state index contributed by atoms with van der Waals surface area (Å²) in [6.45, 7) is -9.01. The van der Waals surface area contributed by atoms with E-state index in [2.05, 4.69) is 14.9 Å². The molecule has 0 radical (unpaired) electrons. The van der Waals surface area contributed by atoms with Gasteiger partial charge < -0.3 is 10.0 Å². The SMILES string of the molecule is [2H]C([2H])([2H])C(c1cc(C)c2ccc(-c3ccc4c(c3)N(c3ccccn3)c3ccccc3N4C)nc2c1O)(C([2H])([2H])[2H])C([2H])([2H])[2H]. The molecule has 3 aromatic carbocycles. The molecule has 0 saturated heterocycles. The van der Waals surface area contributed by atoms with Crippen LogP contribution in [-0.2, 0) is 5.41 Å². The predicted molar refractivity (Wildman–Crippen MR) is 153 cm³/mol. The van der Waals surface area contributed by atoms with Crippen molar-refractivity contribution in [3.05, 3.63) is 96.2 Å². The molecule has 1 aliphatic rings. The summed E-state index contributed by atoms with van der Waals surface area (Å²) in [5, 5.41) is 12.0. The van der Waals surface area contributed by atoms with Gasteiger partial charge in [-0.05, 0) is 60.4 Å². The van der Waals surface area contributed by atoms with E-state index < -0.39 is 37.3 Å². The van der Waals surface area contributed by atoms with Crippen molar-refractivity contribution in [1.82, 2.24) is 9.97 Å². The van der Waals surface area contributed by atoms with Crippen LogP contribution in [0.25, 0.3) is 22.2 Å². The Morgan fingerprint density at radius 1 is 0.838 bits per heavy atom. The average Bonchev–Trinajstić information content (AvgIpc) is 2.98. The lowest BCUT2D eigenvalue weighted by molar-refractivity contribution is 0.451. The molecule has 0 atom stereocenters. The van der Waals surface area contributed by atoms with Gasteiger partial charge in [-0.3, -0.25) is 4.90 Å². The minimum absolute atomic E-state index is 0.101. The molecule has 3 heterocycles. The number of aryl methyl sites for hydroxylation is 1. The lowest BCUT2D eigenvalue weighted by atomic mass is 9.84. The first-order chi connectivity index (χ1) is 21.5. The number of rotatable bonds is 2. The van der Waals surface area contributed by atoms with Crippen LogP contribution in [0.3, 0.4) is 0 Å². The number of hydrogen-bond acceptors (Lipinski definition) is 5. The van der Waals surface area contributed by atoms with Crippen molar-refractivity contribution in [1.29, 1.82) is 0 Å². The van der Waals surface area contributed by atoms with E-state index in [1.165, 1.54) is 0 Å². The summed E-state index contributed by atoms with van der Waals surface area (Å²) in [6, 6.07) is 23.9. The van der Waals surface area contributed by atoms with E-state index in [1.54, 1.807) is 25.3 Å². The van der Waals surface area contributed by atoms with Gasteiger partial charge in [-0.1, -0.05) is 57.0 Å². The molecule has 5 aromatic rings. The minimum Gasteiger partial charge on any atom is -0.505 e. The fraction of sp³-hybridized carbons (Fsp3) is 0.188. The number of anilines is 5. The van der Waals surface area contributed by atoms with E-state index in [-0.39, 0.29) is 5.52 Å². The predicted octanol–water partition coefficient (Wildman–Crippen LogP) is 8.16. The Balaban J connectivity index is 1.58. The second-order valence-corrected chi connectivity index (χ2v) is 9.21. The van der Waals surface area contributed by atoms with Gasteiger partial charge in [0.05, 0.1) is 28.4 Å². The summed E-state index contributed by atoms with van der Waals surface area (Å²) >= 11 is 0. The summed E-state index contributed by atoms with van der Waals surface area (Å²) < 4.78 is 73.4. The lowest BCUT2D eigenvalue weighted by Gasteiger charge is -2.38. The third kappa shape index (κ3) is 3.70. The maximum Gasteiger partial charge on any atom is 0.145 e. The van der Waals surface area contributed by atoms with Crippen molar-refractivity contribution in [2.75, 3.05) is 16.8 Å². The smallest absolute Gasteiger partial charge is 0.145 e. The number of phenols is 1. The number of pyridine rings is 2. The van der Waals surface area contributed by atoms with Crippen molar-refractivity contribution >= 4 is 39.5 Å². The molecule has 5 heteroatoms. The van der Waals surface area contributed by atoms with Crippen molar-refractivity contribution in [3.63, 3.8) is 0 Å². The molecule has 0 unspecified atom stereocenters. The van der Waals surface area contributed by atoms with Gasteiger partial charge in [0, 0.05) is 42.1 Å². The number of aromatic hydroxyl groups is 1. The van der Waals surface area contributed by atoms with E-state index in [0.717, 1.165) is 28.8 Å². The number of aromatic nitrogens is 2. The van der Waals surface area contributed by atoms with Crippen LogP contribution in [0.1, 0.15) is 44.0 Å². The summed E-state index contributed by atoms with van der Waals surface area (Å²) in [7, 11) is 1.97.